The first-order valence-electron chi connectivity index (χ1n) is 9.61. The SMILES string of the molecule is CC[C@H](NC(=O)[C@@H](C)Oc1ccc(N(C)S(C)(=O)=O)cc1)c1ccc(C)c(C)c1. The summed E-state index contributed by atoms with van der Waals surface area (Å²) >= 11 is 0. The van der Waals surface area contributed by atoms with Crippen LogP contribution < -0.4 is 14.4 Å². The molecule has 29 heavy (non-hydrogen) atoms. The third-order valence-corrected chi connectivity index (χ3v) is 6.24. The third-order valence-electron chi connectivity index (χ3n) is 5.04. The maximum absolute atomic E-state index is 12.6. The van der Waals surface area contributed by atoms with Gasteiger partial charge in [-0.2, -0.15) is 0 Å². The van der Waals surface area contributed by atoms with Gasteiger partial charge in [-0.25, -0.2) is 8.42 Å². The van der Waals surface area contributed by atoms with Crippen molar-refractivity contribution in [3.05, 3.63) is 59.2 Å². The van der Waals surface area contributed by atoms with E-state index >= 15 is 0 Å². The molecule has 0 bridgehead atoms. The number of benzene rings is 2. The molecule has 7 heteroatoms. The summed E-state index contributed by atoms with van der Waals surface area (Å²) in [6, 6.07) is 12.7. The molecule has 0 aliphatic heterocycles. The lowest BCUT2D eigenvalue weighted by Gasteiger charge is -2.22. The Morgan fingerprint density at radius 2 is 1.72 bits per heavy atom. The summed E-state index contributed by atoms with van der Waals surface area (Å²) in [5.41, 5.74) is 4.01. The van der Waals surface area contributed by atoms with Crippen LogP contribution in [-0.4, -0.2) is 33.7 Å². The Kier molecular flexibility index (Phi) is 7.30. The fourth-order valence-corrected chi connectivity index (χ4v) is 3.38. The molecule has 0 aromatic heterocycles. The largest absolute Gasteiger partial charge is 0.481 e. The lowest BCUT2D eigenvalue weighted by molar-refractivity contribution is -0.128. The number of nitrogens with one attached hydrogen (secondary N) is 1. The minimum absolute atomic E-state index is 0.0846. The van der Waals surface area contributed by atoms with E-state index in [1.165, 1.54) is 22.5 Å². The van der Waals surface area contributed by atoms with E-state index in [2.05, 4.69) is 31.3 Å². The molecule has 0 aliphatic carbocycles. The fourth-order valence-electron chi connectivity index (χ4n) is 2.88. The Bertz CT molecular complexity index is 955. The maximum Gasteiger partial charge on any atom is 0.261 e. The molecule has 2 atom stereocenters. The van der Waals surface area contributed by atoms with Crippen LogP contribution in [0.3, 0.4) is 0 Å². The predicted molar refractivity (Wildman–Crippen MR) is 117 cm³/mol. The second kappa shape index (κ2) is 9.31. The van der Waals surface area contributed by atoms with Gasteiger partial charge in [-0.3, -0.25) is 9.10 Å². The van der Waals surface area contributed by atoms with Crippen LogP contribution in [0.2, 0.25) is 0 Å². The maximum atomic E-state index is 12.6. The zero-order valence-electron chi connectivity index (χ0n) is 17.9. The van der Waals surface area contributed by atoms with E-state index in [0.29, 0.717) is 11.4 Å². The first kappa shape index (κ1) is 22.7. The van der Waals surface area contributed by atoms with Crippen molar-refractivity contribution in [3.8, 4) is 5.75 Å². The number of aryl methyl sites for hydroxylation is 2. The van der Waals surface area contributed by atoms with Crippen molar-refractivity contribution < 1.29 is 17.9 Å². The van der Waals surface area contributed by atoms with Crippen LogP contribution in [0.25, 0.3) is 0 Å². The highest BCUT2D eigenvalue weighted by Crippen LogP contribution is 2.22. The van der Waals surface area contributed by atoms with E-state index in [4.69, 9.17) is 4.74 Å². The minimum atomic E-state index is -3.33. The van der Waals surface area contributed by atoms with Crippen LogP contribution in [-0.2, 0) is 14.8 Å². The van der Waals surface area contributed by atoms with Gasteiger partial charge in [0.25, 0.3) is 5.91 Å². The first-order chi connectivity index (χ1) is 13.5. The summed E-state index contributed by atoms with van der Waals surface area (Å²) < 4.78 is 30.1. The Morgan fingerprint density at radius 3 is 2.24 bits per heavy atom. The highest BCUT2D eigenvalue weighted by atomic mass is 32.2. The van der Waals surface area contributed by atoms with Gasteiger partial charge in [0.05, 0.1) is 18.0 Å². The highest BCUT2D eigenvalue weighted by molar-refractivity contribution is 7.92. The summed E-state index contributed by atoms with van der Waals surface area (Å²) in [6.07, 6.45) is 1.23. The zero-order valence-corrected chi connectivity index (χ0v) is 18.7. The standard InChI is InChI=1S/C22H30N2O4S/c1-7-21(18-9-8-15(2)16(3)14-18)23-22(25)17(4)28-20-12-10-19(11-13-20)24(5)29(6,26)27/h8-14,17,21H,7H2,1-6H3,(H,23,25)/t17-,21+/m1/s1. The molecule has 0 heterocycles. The topological polar surface area (TPSA) is 75.7 Å². The Labute approximate surface area is 173 Å². The molecule has 1 amide bonds. The number of nitrogens with zero attached hydrogens (tertiary/aromatic N) is 1. The van der Waals surface area contributed by atoms with Gasteiger partial charge < -0.3 is 10.1 Å². The monoisotopic (exact) mass is 418 g/mol. The number of amides is 1. The van der Waals surface area contributed by atoms with Crippen molar-refractivity contribution >= 4 is 21.6 Å². The summed E-state index contributed by atoms with van der Waals surface area (Å²) in [5.74, 6) is 0.296. The average Bonchev–Trinajstić information content (AvgIpc) is 2.67. The van der Waals surface area contributed by atoms with E-state index in [1.807, 2.05) is 13.0 Å². The average molecular weight is 419 g/mol. The second-order valence-corrected chi connectivity index (χ2v) is 9.31. The van der Waals surface area contributed by atoms with E-state index in [-0.39, 0.29) is 11.9 Å². The quantitative estimate of drug-likeness (QED) is 0.709. The van der Waals surface area contributed by atoms with Gasteiger partial charge in [0, 0.05) is 7.05 Å². The number of sulfonamides is 1. The van der Waals surface area contributed by atoms with Crippen LogP contribution in [0.4, 0.5) is 5.69 Å². The molecule has 158 valence electrons. The molecule has 0 saturated heterocycles. The molecule has 0 spiro atoms. The van der Waals surface area contributed by atoms with Gasteiger partial charge in [0.2, 0.25) is 10.0 Å². The third kappa shape index (κ3) is 5.97. The second-order valence-electron chi connectivity index (χ2n) is 7.30. The molecule has 1 N–H and O–H groups in total. The molecule has 2 rings (SSSR count). The van der Waals surface area contributed by atoms with Gasteiger partial charge >= 0.3 is 0 Å². The molecular weight excluding hydrogens is 388 g/mol. The number of carbonyl (C=O) groups excluding carboxylic acids is 1. The fraction of sp³-hybridized carbons (Fsp3) is 0.409. The summed E-state index contributed by atoms with van der Waals surface area (Å²) in [7, 11) is -1.84. The molecule has 0 unspecified atom stereocenters. The molecule has 0 fully saturated rings. The summed E-state index contributed by atoms with van der Waals surface area (Å²) in [6.45, 7) is 7.85. The smallest absolute Gasteiger partial charge is 0.261 e. The molecular formula is C22H30N2O4S. The van der Waals surface area contributed by atoms with E-state index in [0.717, 1.165) is 18.2 Å². The Balaban J connectivity index is 2.03. The molecule has 2 aromatic carbocycles. The van der Waals surface area contributed by atoms with Crippen molar-refractivity contribution in [3.63, 3.8) is 0 Å². The molecule has 0 aliphatic rings. The van der Waals surface area contributed by atoms with E-state index in [1.54, 1.807) is 31.2 Å². The first-order valence-corrected chi connectivity index (χ1v) is 11.5. The van der Waals surface area contributed by atoms with Gasteiger partial charge in [0.1, 0.15) is 5.75 Å². The number of rotatable bonds is 8. The highest BCUT2D eigenvalue weighted by Gasteiger charge is 2.20. The summed E-state index contributed by atoms with van der Waals surface area (Å²) in [5, 5.41) is 3.05. The van der Waals surface area contributed by atoms with Gasteiger partial charge in [-0.1, -0.05) is 25.1 Å². The van der Waals surface area contributed by atoms with Gasteiger partial charge in [0.15, 0.2) is 6.10 Å². The Hall–Kier alpha value is -2.54. The normalized spacial score (nSPS) is 13.4. The van der Waals surface area contributed by atoms with Crippen LogP contribution >= 0.6 is 0 Å². The zero-order chi connectivity index (χ0) is 21.8. The lowest BCUT2D eigenvalue weighted by Crippen LogP contribution is -2.38. The molecule has 2 aromatic rings. The number of hydrogen-bond donors (Lipinski definition) is 1. The van der Waals surface area contributed by atoms with Crippen molar-refractivity contribution in [2.75, 3.05) is 17.6 Å². The van der Waals surface area contributed by atoms with E-state index < -0.39 is 16.1 Å². The molecule has 0 saturated carbocycles. The lowest BCUT2D eigenvalue weighted by atomic mass is 9.99. The van der Waals surface area contributed by atoms with Crippen LogP contribution in [0.15, 0.2) is 42.5 Å². The van der Waals surface area contributed by atoms with Crippen molar-refractivity contribution in [2.45, 2.75) is 46.3 Å². The van der Waals surface area contributed by atoms with Crippen molar-refractivity contribution in [2.24, 2.45) is 0 Å². The summed E-state index contributed by atoms with van der Waals surface area (Å²) in [4.78, 5) is 12.6. The van der Waals surface area contributed by atoms with Gasteiger partial charge in [-0.05, 0) is 68.1 Å². The van der Waals surface area contributed by atoms with E-state index in [9.17, 15) is 13.2 Å². The molecule has 6 nitrogen and oxygen atoms in total. The number of carbonyl (C=O) groups is 1. The number of ether oxygens (including phenoxy) is 1. The minimum Gasteiger partial charge on any atom is -0.481 e. The van der Waals surface area contributed by atoms with Crippen LogP contribution in [0.5, 0.6) is 5.75 Å². The van der Waals surface area contributed by atoms with Crippen LogP contribution in [0.1, 0.15) is 43.0 Å². The number of hydrogen-bond acceptors (Lipinski definition) is 4. The molecule has 0 radical (unpaired) electrons. The van der Waals surface area contributed by atoms with Crippen molar-refractivity contribution in [1.82, 2.24) is 5.32 Å². The number of anilines is 1. The van der Waals surface area contributed by atoms with Crippen molar-refractivity contribution in [1.29, 1.82) is 0 Å². The predicted octanol–water partition coefficient (Wildman–Crippen LogP) is 3.73. The Morgan fingerprint density at radius 1 is 1.10 bits per heavy atom. The van der Waals surface area contributed by atoms with Gasteiger partial charge in [-0.15, -0.1) is 0 Å². The van der Waals surface area contributed by atoms with Crippen LogP contribution in [0, 0.1) is 13.8 Å².